The number of H-pyrrole nitrogens is 1. The second-order valence-corrected chi connectivity index (χ2v) is 5.38. The van der Waals surface area contributed by atoms with Crippen LogP contribution in [0.3, 0.4) is 0 Å². The standard InChI is InChI=1S/C14H13FN6O/c1-20(9-3-4-9)13-10(15)6-16-12(17-13)8-2-5-11-18-19-14(22)21(11)7-8/h2,5-7,9H,3-4H2,1H3,(H,19,22). The van der Waals surface area contributed by atoms with Crippen molar-refractivity contribution in [3.63, 3.8) is 0 Å². The molecular formula is C14H13FN6O. The fraction of sp³-hybridized carbons (Fsp3) is 0.286. The number of pyridine rings is 1. The topological polar surface area (TPSA) is 79.2 Å². The lowest BCUT2D eigenvalue weighted by Gasteiger charge is -2.18. The summed E-state index contributed by atoms with van der Waals surface area (Å²) in [6, 6.07) is 3.78. The highest BCUT2D eigenvalue weighted by molar-refractivity contribution is 5.59. The average Bonchev–Trinajstić information content (AvgIpc) is 3.32. The Labute approximate surface area is 124 Å². The lowest BCUT2D eigenvalue weighted by atomic mass is 10.2. The first kappa shape index (κ1) is 12.9. The van der Waals surface area contributed by atoms with E-state index in [1.165, 1.54) is 10.6 Å². The molecule has 0 aliphatic heterocycles. The van der Waals surface area contributed by atoms with Crippen LogP contribution in [-0.2, 0) is 0 Å². The van der Waals surface area contributed by atoms with Crippen molar-refractivity contribution < 1.29 is 4.39 Å². The van der Waals surface area contributed by atoms with Crippen LogP contribution in [0, 0.1) is 5.82 Å². The van der Waals surface area contributed by atoms with Crippen LogP contribution in [0.1, 0.15) is 12.8 Å². The third kappa shape index (κ3) is 2.03. The zero-order chi connectivity index (χ0) is 15.3. The maximum atomic E-state index is 14.0. The lowest BCUT2D eigenvalue weighted by molar-refractivity contribution is 0.607. The molecule has 0 radical (unpaired) electrons. The van der Waals surface area contributed by atoms with Gasteiger partial charge in [0.2, 0.25) is 0 Å². The van der Waals surface area contributed by atoms with Crippen LogP contribution in [0.5, 0.6) is 0 Å². The van der Waals surface area contributed by atoms with Gasteiger partial charge in [-0.15, -0.1) is 0 Å². The maximum Gasteiger partial charge on any atom is 0.347 e. The predicted molar refractivity (Wildman–Crippen MR) is 78.2 cm³/mol. The molecule has 0 bridgehead atoms. The van der Waals surface area contributed by atoms with Crippen molar-refractivity contribution in [3.8, 4) is 11.4 Å². The molecule has 112 valence electrons. The van der Waals surface area contributed by atoms with Crippen LogP contribution >= 0.6 is 0 Å². The normalized spacial score (nSPS) is 14.5. The smallest absolute Gasteiger partial charge is 0.347 e. The molecule has 0 spiro atoms. The van der Waals surface area contributed by atoms with Gasteiger partial charge in [0.15, 0.2) is 23.1 Å². The molecule has 3 heterocycles. The number of aromatic nitrogens is 5. The second kappa shape index (κ2) is 4.62. The van der Waals surface area contributed by atoms with E-state index in [4.69, 9.17) is 0 Å². The minimum Gasteiger partial charge on any atom is -0.354 e. The number of hydrogen-bond acceptors (Lipinski definition) is 5. The van der Waals surface area contributed by atoms with Crippen LogP contribution < -0.4 is 10.6 Å². The first-order valence-corrected chi connectivity index (χ1v) is 6.96. The van der Waals surface area contributed by atoms with Crippen molar-refractivity contribution >= 4 is 11.5 Å². The molecular weight excluding hydrogens is 287 g/mol. The minimum absolute atomic E-state index is 0.284. The molecule has 3 aromatic heterocycles. The van der Waals surface area contributed by atoms with Gasteiger partial charge in [-0.05, 0) is 25.0 Å². The van der Waals surface area contributed by atoms with E-state index >= 15 is 0 Å². The third-order valence-electron chi connectivity index (χ3n) is 3.82. The minimum atomic E-state index is -0.445. The SMILES string of the molecule is CN(c1nc(-c2ccc3n[nH]c(=O)n3c2)ncc1F)C1CC1. The Kier molecular flexibility index (Phi) is 2.72. The van der Waals surface area contributed by atoms with Gasteiger partial charge in [0, 0.05) is 24.8 Å². The number of anilines is 1. The molecule has 1 saturated carbocycles. The van der Waals surface area contributed by atoms with Crippen LogP contribution in [0.4, 0.5) is 10.2 Å². The summed E-state index contributed by atoms with van der Waals surface area (Å²) >= 11 is 0. The molecule has 0 amide bonds. The Morgan fingerprint density at radius 2 is 2.23 bits per heavy atom. The number of nitrogens with one attached hydrogen (secondary N) is 1. The highest BCUT2D eigenvalue weighted by Crippen LogP contribution is 2.31. The molecule has 1 aliphatic rings. The summed E-state index contributed by atoms with van der Waals surface area (Å²) in [7, 11) is 1.83. The van der Waals surface area contributed by atoms with Gasteiger partial charge in [-0.2, -0.15) is 5.10 Å². The molecule has 22 heavy (non-hydrogen) atoms. The molecule has 1 N–H and O–H groups in total. The van der Waals surface area contributed by atoms with E-state index in [0.717, 1.165) is 12.8 Å². The second-order valence-electron chi connectivity index (χ2n) is 5.38. The summed E-state index contributed by atoms with van der Waals surface area (Å²) in [5.41, 5.74) is 0.793. The van der Waals surface area contributed by atoms with Gasteiger partial charge in [0.05, 0.1) is 6.20 Å². The Bertz CT molecular complexity index is 913. The predicted octanol–water partition coefficient (Wildman–Crippen LogP) is 1.22. The molecule has 7 nitrogen and oxygen atoms in total. The molecule has 0 saturated heterocycles. The van der Waals surface area contributed by atoms with Gasteiger partial charge in [0.1, 0.15) is 0 Å². The van der Waals surface area contributed by atoms with E-state index in [2.05, 4.69) is 20.2 Å². The van der Waals surface area contributed by atoms with Gasteiger partial charge >= 0.3 is 5.69 Å². The van der Waals surface area contributed by atoms with Crippen molar-refractivity contribution in [2.24, 2.45) is 0 Å². The summed E-state index contributed by atoms with van der Waals surface area (Å²) in [4.78, 5) is 21.8. The molecule has 4 rings (SSSR count). The summed E-state index contributed by atoms with van der Waals surface area (Å²) in [6.45, 7) is 0. The monoisotopic (exact) mass is 300 g/mol. The van der Waals surface area contributed by atoms with Crippen molar-refractivity contribution in [1.29, 1.82) is 0 Å². The summed E-state index contributed by atoms with van der Waals surface area (Å²) in [5.74, 6) is 0.214. The summed E-state index contributed by atoms with van der Waals surface area (Å²) < 4.78 is 15.3. The Morgan fingerprint density at radius 3 is 3.00 bits per heavy atom. The van der Waals surface area contributed by atoms with E-state index in [0.29, 0.717) is 23.1 Å². The fourth-order valence-corrected chi connectivity index (χ4v) is 2.42. The number of fused-ring (bicyclic) bond motifs is 1. The number of aromatic amines is 1. The molecule has 0 atom stereocenters. The Morgan fingerprint density at radius 1 is 1.41 bits per heavy atom. The third-order valence-corrected chi connectivity index (χ3v) is 3.82. The number of rotatable bonds is 3. The largest absolute Gasteiger partial charge is 0.354 e. The summed E-state index contributed by atoms with van der Waals surface area (Å²) in [5, 5.41) is 6.23. The number of hydrogen-bond donors (Lipinski definition) is 1. The van der Waals surface area contributed by atoms with E-state index < -0.39 is 5.82 Å². The fourth-order valence-electron chi connectivity index (χ4n) is 2.42. The van der Waals surface area contributed by atoms with Gasteiger partial charge in [0.25, 0.3) is 0 Å². The first-order valence-electron chi connectivity index (χ1n) is 6.96. The van der Waals surface area contributed by atoms with E-state index in [1.54, 1.807) is 18.3 Å². The van der Waals surface area contributed by atoms with E-state index in [9.17, 15) is 9.18 Å². The van der Waals surface area contributed by atoms with Crippen molar-refractivity contribution in [2.45, 2.75) is 18.9 Å². The highest BCUT2D eigenvalue weighted by Gasteiger charge is 2.29. The molecule has 0 unspecified atom stereocenters. The molecule has 3 aromatic rings. The number of halogens is 1. The Balaban J connectivity index is 1.81. The first-order chi connectivity index (χ1) is 10.6. The van der Waals surface area contributed by atoms with Crippen molar-refractivity contribution in [1.82, 2.24) is 24.6 Å². The number of nitrogens with zero attached hydrogens (tertiary/aromatic N) is 5. The zero-order valence-corrected chi connectivity index (χ0v) is 11.8. The molecule has 1 fully saturated rings. The van der Waals surface area contributed by atoms with Gasteiger partial charge < -0.3 is 4.90 Å². The highest BCUT2D eigenvalue weighted by atomic mass is 19.1. The van der Waals surface area contributed by atoms with Crippen LogP contribution in [0.2, 0.25) is 0 Å². The van der Waals surface area contributed by atoms with Crippen LogP contribution in [-0.4, -0.2) is 37.7 Å². The van der Waals surface area contributed by atoms with Crippen molar-refractivity contribution in [3.05, 3.63) is 40.8 Å². The van der Waals surface area contributed by atoms with Gasteiger partial charge in [-0.3, -0.25) is 0 Å². The Hall–Kier alpha value is -2.77. The van der Waals surface area contributed by atoms with Gasteiger partial charge in [-0.25, -0.2) is 28.7 Å². The van der Waals surface area contributed by atoms with Crippen LogP contribution in [0.25, 0.3) is 17.0 Å². The van der Waals surface area contributed by atoms with Gasteiger partial charge in [-0.1, -0.05) is 0 Å². The van der Waals surface area contributed by atoms with E-state index in [1.807, 2.05) is 11.9 Å². The van der Waals surface area contributed by atoms with Crippen LogP contribution in [0.15, 0.2) is 29.3 Å². The van der Waals surface area contributed by atoms with Crippen molar-refractivity contribution in [2.75, 3.05) is 11.9 Å². The summed E-state index contributed by atoms with van der Waals surface area (Å²) in [6.07, 6.45) is 4.85. The van der Waals surface area contributed by atoms with E-state index in [-0.39, 0.29) is 11.5 Å². The average molecular weight is 300 g/mol. The molecule has 8 heteroatoms. The molecule has 1 aliphatic carbocycles. The molecule has 0 aromatic carbocycles. The quantitative estimate of drug-likeness (QED) is 0.786. The zero-order valence-electron chi connectivity index (χ0n) is 11.8. The maximum absolute atomic E-state index is 14.0. The lowest BCUT2D eigenvalue weighted by Crippen LogP contribution is -2.22.